The average Bonchev–Trinajstić information content (AvgIpc) is 2.44. The number of rotatable bonds is 11. The lowest BCUT2D eigenvalue weighted by Crippen LogP contribution is -2.54. The predicted octanol–water partition coefficient (Wildman–Crippen LogP) is -2.01. The number of carbonyl (C=O) groups excluding carboxylic acids is 2. The van der Waals surface area contributed by atoms with Crippen LogP contribution in [-0.2, 0) is 19.2 Å². The molecule has 0 aliphatic heterocycles. The van der Waals surface area contributed by atoms with Crippen molar-refractivity contribution in [2.45, 2.75) is 50.7 Å². The number of carboxylic acid groups (broad SMARTS) is 2. The van der Waals surface area contributed by atoms with Crippen LogP contribution in [0.4, 0.5) is 0 Å². The van der Waals surface area contributed by atoms with Gasteiger partial charge >= 0.3 is 11.9 Å². The van der Waals surface area contributed by atoms with Crippen LogP contribution in [-0.4, -0.2) is 58.6 Å². The number of hydrogen-bond donors (Lipinski definition) is 6. The molecule has 0 aromatic rings. The molecule has 0 fully saturated rings. The molecule has 0 aliphatic carbocycles. The van der Waals surface area contributed by atoms with Crippen molar-refractivity contribution in [3.63, 3.8) is 0 Å². The zero-order valence-corrected chi connectivity index (χ0v) is 12.9. The Morgan fingerprint density at radius 1 is 1.00 bits per heavy atom. The summed E-state index contributed by atoms with van der Waals surface area (Å²) < 4.78 is 0. The van der Waals surface area contributed by atoms with Gasteiger partial charge in [-0.05, 0) is 32.7 Å². The van der Waals surface area contributed by atoms with Crippen molar-refractivity contribution in [1.82, 2.24) is 10.6 Å². The maximum atomic E-state index is 12.1. The van der Waals surface area contributed by atoms with Crippen LogP contribution in [0.15, 0.2) is 0 Å². The van der Waals surface area contributed by atoms with Crippen molar-refractivity contribution in [2.24, 2.45) is 11.5 Å². The van der Waals surface area contributed by atoms with Crippen molar-refractivity contribution in [3.8, 4) is 0 Å². The summed E-state index contributed by atoms with van der Waals surface area (Å²) in [7, 11) is 0. The van der Waals surface area contributed by atoms with E-state index in [2.05, 4.69) is 10.6 Å². The lowest BCUT2D eigenvalue weighted by Gasteiger charge is -2.21. The Bertz CT molecular complexity index is 440. The Morgan fingerprint density at radius 3 is 2.00 bits per heavy atom. The number of hydrogen-bond acceptors (Lipinski definition) is 6. The zero-order valence-electron chi connectivity index (χ0n) is 12.9. The van der Waals surface area contributed by atoms with E-state index in [9.17, 15) is 19.2 Å². The van der Waals surface area contributed by atoms with Crippen LogP contribution in [0, 0.1) is 0 Å². The van der Waals surface area contributed by atoms with E-state index in [0.29, 0.717) is 19.4 Å². The van der Waals surface area contributed by atoms with Gasteiger partial charge in [-0.2, -0.15) is 0 Å². The molecule has 132 valence electrons. The zero-order chi connectivity index (χ0) is 18.0. The second-order valence-corrected chi connectivity index (χ2v) is 5.13. The van der Waals surface area contributed by atoms with Crippen LogP contribution >= 0.6 is 0 Å². The van der Waals surface area contributed by atoms with Crippen molar-refractivity contribution in [3.05, 3.63) is 0 Å². The van der Waals surface area contributed by atoms with Crippen molar-refractivity contribution in [1.29, 1.82) is 0 Å². The van der Waals surface area contributed by atoms with Gasteiger partial charge in [0, 0.05) is 0 Å². The highest BCUT2D eigenvalue weighted by atomic mass is 16.4. The van der Waals surface area contributed by atoms with E-state index < -0.39 is 48.3 Å². The average molecular weight is 332 g/mol. The van der Waals surface area contributed by atoms with Crippen LogP contribution in [0.5, 0.6) is 0 Å². The first-order valence-electron chi connectivity index (χ1n) is 7.20. The molecule has 0 bridgehead atoms. The molecule has 3 atom stereocenters. The molecule has 0 rings (SSSR count). The first kappa shape index (κ1) is 20.8. The summed E-state index contributed by atoms with van der Waals surface area (Å²) in [4.78, 5) is 45.5. The summed E-state index contributed by atoms with van der Waals surface area (Å²) in [5, 5.41) is 22.3. The lowest BCUT2D eigenvalue weighted by molar-refractivity contribution is -0.143. The van der Waals surface area contributed by atoms with Gasteiger partial charge < -0.3 is 32.3 Å². The Morgan fingerprint density at radius 2 is 1.57 bits per heavy atom. The quantitative estimate of drug-likeness (QED) is 0.234. The summed E-state index contributed by atoms with van der Waals surface area (Å²) in [6.07, 6.45) is 0.557. The third-order valence-electron chi connectivity index (χ3n) is 2.99. The number of nitrogens with two attached hydrogens (primary N) is 2. The normalized spacial score (nSPS) is 14.4. The van der Waals surface area contributed by atoms with Gasteiger partial charge in [0.1, 0.15) is 12.1 Å². The monoisotopic (exact) mass is 332 g/mol. The van der Waals surface area contributed by atoms with Crippen LogP contribution in [0.1, 0.15) is 32.6 Å². The fourth-order valence-electron chi connectivity index (χ4n) is 1.71. The van der Waals surface area contributed by atoms with E-state index in [4.69, 9.17) is 21.7 Å². The molecule has 0 aromatic heterocycles. The third-order valence-corrected chi connectivity index (χ3v) is 2.99. The van der Waals surface area contributed by atoms with Crippen LogP contribution in [0.3, 0.4) is 0 Å². The molecule has 0 aliphatic rings. The number of amides is 2. The summed E-state index contributed by atoms with van der Waals surface area (Å²) in [6.45, 7) is 1.77. The van der Waals surface area contributed by atoms with Gasteiger partial charge in [-0.25, -0.2) is 4.79 Å². The molecule has 10 heteroatoms. The second kappa shape index (κ2) is 10.5. The highest BCUT2D eigenvalue weighted by Gasteiger charge is 2.28. The Balaban J connectivity index is 4.86. The van der Waals surface area contributed by atoms with Crippen LogP contribution in [0.25, 0.3) is 0 Å². The lowest BCUT2D eigenvalue weighted by atomic mass is 10.1. The van der Waals surface area contributed by atoms with Gasteiger partial charge in [0.15, 0.2) is 0 Å². The third kappa shape index (κ3) is 8.73. The van der Waals surface area contributed by atoms with E-state index in [1.807, 2.05) is 0 Å². The number of nitrogens with one attached hydrogen (secondary N) is 2. The van der Waals surface area contributed by atoms with Crippen LogP contribution < -0.4 is 22.1 Å². The molecule has 0 aromatic carbocycles. The van der Waals surface area contributed by atoms with Crippen molar-refractivity contribution in [2.75, 3.05) is 6.54 Å². The summed E-state index contributed by atoms with van der Waals surface area (Å²) in [6, 6.07) is -3.51. The van der Waals surface area contributed by atoms with Gasteiger partial charge in [-0.1, -0.05) is 0 Å². The first-order valence-corrected chi connectivity index (χ1v) is 7.20. The minimum atomic E-state index is -1.40. The Hall–Kier alpha value is -2.20. The minimum absolute atomic E-state index is 0.152. The highest BCUT2D eigenvalue weighted by molar-refractivity contribution is 5.93. The van der Waals surface area contributed by atoms with Gasteiger partial charge in [-0.3, -0.25) is 14.4 Å². The van der Waals surface area contributed by atoms with E-state index in [-0.39, 0.29) is 6.42 Å². The Kier molecular flexibility index (Phi) is 9.51. The molecule has 2 amide bonds. The predicted molar refractivity (Wildman–Crippen MR) is 80.3 cm³/mol. The summed E-state index contributed by atoms with van der Waals surface area (Å²) >= 11 is 0. The van der Waals surface area contributed by atoms with Crippen molar-refractivity contribution < 1.29 is 29.4 Å². The SMILES string of the molecule is CC(N)C(=O)NC(CC(=O)O)C(=O)NC(CCCCN)C(=O)O. The molecule has 10 nitrogen and oxygen atoms in total. The molecular weight excluding hydrogens is 308 g/mol. The van der Waals surface area contributed by atoms with Crippen LogP contribution in [0.2, 0.25) is 0 Å². The smallest absolute Gasteiger partial charge is 0.326 e. The molecule has 8 N–H and O–H groups in total. The van der Waals surface area contributed by atoms with E-state index in [1.165, 1.54) is 6.92 Å². The number of unbranched alkanes of at least 4 members (excludes halogenated alkanes) is 1. The molecule has 0 radical (unpaired) electrons. The molecule has 0 heterocycles. The maximum absolute atomic E-state index is 12.1. The summed E-state index contributed by atoms with van der Waals surface area (Å²) in [5.41, 5.74) is 10.7. The second-order valence-electron chi connectivity index (χ2n) is 5.13. The molecule has 23 heavy (non-hydrogen) atoms. The minimum Gasteiger partial charge on any atom is -0.481 e. The molecular formula is C13H24N4O6. The standard InChI is InChI=1S/C13H24N4O6/c1-7(15)11(20)17-9(6-10(18)19)12(21)16-8(13(22)23)4-2-3-5-14/h7-9H,2-6,14-15H2,1H3,(H,16,21)(H,17,20)(H,18,19)(H,22,23). The number of carbonyl (C=O) groups is 4. The largest absolute Gasteiger partial charge is 0.481 e. The van der Waals surface area contributed by atoms with Gasteiger partial charge in [0.25, 0.3) is 0 Å². The number of aliphatic carboxylic acids is 2. The summed E-state index contributed by atoms with van der Waals surface area (Å²) in [5.74, 6) is -4.16. The maximum Gasteiger partial charge on any atom is 0.326 e. The van der Waals surface area contributed by atoms with Gasteiger partial charge in [-0.15, -0.1) is 0 Å². The van der Waals surface area contributed by atoms with Gasteiger partial charge in [0.2, 0.25) is 11.8 Å². The molecule has 0 saturated heterocycles. The fraction of sp³-hybridized carbons (Fsp3) is 0.692. The molecule has 0 saturated carbocycles. The van der Waals surface area contributed by atoms with Gasteiger partial charge in [0.05, 0.1) is 12.5 Å². The molecule has 3 unspecified atom stereocenters. The number of carboxylic acids is 2. The topological polar surface area (TPSA) is 185 Å². The highest BCUT2D eigenvalue weighted by Crippen LogP contribution is 2.03. The fourth-order valence-corrected chi connectivity index (χ4v) is 1.71. The van der Waals surface area contributed by atoms with E-state index in [0.717, 1.165) is 0 Å². The van der Waals surface area contributed by atoms with Crippen molar-refractivity contribution >= 4 is 23.8 Å². The van der Waals surface area contributed by atoms with E-state index in [1.54, 1.807) is 0 Å². The Labute approximate surface area is 133 Å². The van der Waals surface area contributed by atoms with E-state index >= 15 is 0 Å². The first-order chi connectivity index (χ1) is 10.7. The molecule has 0 spiro atoms.